The number of piperazine rings is 2. The summed E-state index contributed by atoms with van der Waals surface area (Å²) in [6.45, 7) is 5.41. The number of carbonyl (C=O) groups excluding carboxylic acids is 2. The van der Waals surface area contributed by atoms with Crippen LogP contribution in [0.15, 0.2) is 29.2 Å². The van der Waals surface area contributed by atoms with Crippen LogP contribution in [0.25, 0.3) is 0 Å². The lowest BCUT2D eigenvalue weighted by molar-refractivity contribution is -0.135. The van der Waals surface area contributed by atoms with Crippen LogP contribution in [0.1, 0.15) is 12.5 Å². The molecule has 2 heterocycles. The van der Waals surface area contributed by atoms with Crippen molar-refractivity contribution in [3.63, 3.8) is 0 Å². The number of nitriles is 1. The maximum absolute atomic E-state index is 12.9. The molecule has 3 rings (SSSR count). The first kappa shape index (κ1) is 21.2. The Morgan fingerprint density at radius 1 is 0.966 bits per heavy atom. The van der Waals surface area contributed by atoms with Crippen LogP contribution in [0.3, 0.4) is 0 Å². The summed E-state index contributed by atoms with van der Waals surface area (Å²) in [7, 11) is -3.77. The summed E-state index contributed by atoms with van der Waals surface area (Å²) in [5.41, 5.74) is 0.121. The minimum Gasteiger partial charge on any atom is -0.340 e. The number of sulfonamides is 1. The summed E-state index contributed by atoms with van der Waals surface area (Å²) in [6, 6.07) is 8.07. The number of nitrogens with zero attached hydrogens (tertiary/aromatic N) is 5. The largest absolute Gasteiger partial charge is 0.340 e. The van der Waals surface area contributed by atoms with Crippen molar-refractivity contribution in [1.29, 1.82) is 5.26 Å². The van der Waals surface area contributed by atoms with E-state index in [2.05, 4.69) is 0 Å². The first-order chi connectivity index (χ1) is 13.8. The first-order valence-electron chi connectivity index (χ1n) is 9.58. The van der Waals surface area contributed by atoms with Crippen LogP contribution in [-0.4, -0.2) is 98.1 Å². The minimum absolute atomic E-state index is 0.00520. The van der Waals surface area contributed by atoms with Gasteiger partial charge in [0.05, 0.1) is 17.0 Å². The third-order valence-corrected chi connectivity index (χ3v) is 7.35. The van der Waals surface area contributed by atoms with Crippen molar-refractivity contribution in [2.75, 3.05) is 58.9 Å². The van der Waals surface area contributed by atoms with E-state index in [1.54, 1.807) is 28.9 Å². The standard InChI is InChI=1S/C19H25N5O4S/c1-16(25)22-8-6-21(7-9-22)15-19(26)23-10-12-24(13-11-23)29(27,28)18-5-3-2-4-17(18)14-20/h2-5H,6-13,15H2,1H3. The molecular formula is C19H25N5O4S. The topological polar surface area (TPSA) is 105 Å². The first-order valence-corrected chi connectivity index (χ1v) is 11.0. The van der Waals surface area contributed by atoms with E-state index in [1.165, 1.54) is 16.4 Å². The Morgan fingerprint density at radius 3 is 2.14 bits per heavy atom. The van der Waals surface area contributed by atoms with Gasteiger partial charge in [-0.2, -0.15) is 9.57 Å². The zero-order valence-electron chi connectivity index (χ0n) is 16.5. The van der Waals surface area contributed by atoms with Crippen molar-refractivity contribution in [3.8, 4) is 6.07 Å². The van der Waals surface area contributed by atoms with Gasteiger partial charge in [0.2, 0.25) is 21.8 Å². The molecule has 0 spiro atoms. The molecule has 9 nitrogen and oxygen atoms in total. The van der Waals surface area contributed by atoms with Crippen LogP contribution in [0.5, 0.6) is 0 Å². The van der Waals surface area contributed by atoms with Gasteiger partial charge in [-0.1, -0.05) is 12.1 Å². The van der Waals surface area contributed by atoms with Crippen molar-refractivity contribution < 1.29 is 18.0 Å². The van der Waals surface area contributed by atoms with E-state index in [0.29, 0.717) is 39.3 Å². The van der Waals surface area contributed by atoms with Gasteiger partial charge in [-0.25, -0.2) is 8.42 Å². The third-order valence-electron chi connectivity index (χ3n) is 5.39. The lowest BCUT2D eigenvalue weighted by Gasteiger charge is -2.37. The maximum atomic E-state index is 12.9. The second-order valence-corrected chi connectivity index (χ2v) is 9.08. The van der Waals surface area contributed by atoms with Gasteiger partial charge in [0.1, 0.15) is 6.07 Å². The second-order valence-electron chi connectivity index (χ2n) is 7.18. The molecule has 0 unspecified atom stereocenters. The summed E-state index contributed by atoms with van der Waals surface area (Å²) in [5.74, 6) is 0.0158. The summed E-state index contributed by atoms with van der Waals surface area (Å²) >= 11 is 0. The van der Waals surface area contributed by atoms with Crippen LogP contribution in [0, 0.1) is 11.3 Å². The Bertz CT molecular complexity index is 911. The molecule has 2 aliphatic heterocycles. The Morgan fingerprint density at radius 2 is 1.55 bits per heavy atom. The number of hydrogen-bond acceptors (Lipinski definition) is 6. The SMILES string of the molecule is CC(=O)N1CCN(CC(=O)N2CCN(S(=O)(=O)c3ccccc3C#N)CC2)CC1. The molecule has 29 heavy (non-hydrogen) atoms. The number of rotatable bonds is 4. The van der Waals surface area contributed by atoms with E-state index in [4.69, 9.17) is 0 Å². The lowest BCUT2D eigenvalue weighted by Crippen LogP contribution is -2.55. The second kappa shape index (κ2) is 8.90. The molecular weight excluding hydrogens is 394 g/mol. The summed E-state index contributed by atoms with van der Waals surface area (Å²) in [5, 5.41) is 9.19. The average molecular weight is 420 g/mol. The highest BCUT2D eigenvalue weighted by Gasteiger charge is 2.32. The predicted molar refractivity (Wildman–Crippen MR) is 105 cm³/mol. The molecule has 1 aromatic rings. The summed E-state index contributed by atoms with van der Waals surface area (Å²) in [4.78, 5) is 29.5. The molecule has 2 aliphatic rings. The van der Waals surface area contributed by atoms with Crippen molar-refractivity contribution in [2.24, 2.45) is 0 Å². The van der Waals surface area contributed by atoms with E-state index in [9.17, 15) is 23.3 Å². The fourth-order valence-corrected chi connectivity index (χ4v) is 5.18. The fourth-order valence-electron chi connectivity index (χ4n) is 3.61. The molecule has 156 valence electrons. The Hall–Kier alpha value is -2.48. The zero-order valence-corrected chi connectivity index (χ0v) is 17.3. The van der Waals surface area contributed by atoms with E-state index >= 15 is 0 Å². The third kappa shape index (κ3) is 4.75. The van der Waals surface area contributed by atoms with Crippen LogP contribution >= 0.6 is 0 Å². The molecule has 0 N–H and O–H groups in total. The maximum Gasteiger partial charge on any atom is 0.244 e. The Balaban J connectivity index is 1.54. The smallest absolute Gasteiger partial charge is 0.244 e. The fraction of sp³-hybridized carbons (Fsp3) is 0.526. The van der Waals surface area contributed by atoms with Gasteiger partial charge in [0.25, 0.3) is 0 Å². The average Bonchev–Trinajstić information content (AvgIpc) is 2.74. The van der Waals surface area contributed by atoms with Crippen molar-refractivity contribution in [1.82, 2.24) is 19.0 Å². The number of hydrogen-bond donors (Lipinski definition) is 0. The van der Waals surface area contributed by atoms with Crippen molar-refractivity contribution >= 4 is 21.8 Å². The van der Waals surface area contributed by atoms with Crippen LogP contribution in [0.4, 0.5) is 0 Å². The molecule has 1 aromatic carbocycles. The molecule has 2 fully saturated rings. The van der Waals surface area contributed by atoms with Gasteiger partial charge in [-0.3, -0.25) is 14.5 Å². The van der Waals surface area contributed by atoms with E-state index in [-0.39, 0.29) is 41.9 Å². The quantitative estimate of drug-likeness (QED) is 0.655. The number of carbonyl (C=O) groups is 2. The van der Waals surface area contributed by atoms with Gasteiger partial charge in [-0.05, 0) is 12.1 Å². The molecule has 0 saturated carbocycles. The highest BCUT2D eigenvalue weighted by Crippen LogP contribution is 2.21. The highest BCUT2D eigenvalue weighted by molar-refractivity contribution is 7.89. The molecule has 0 radical (unpaired) electrons. The van der Waals surface area contributed by atoms with Gasteiger partial charge in [0.15, 0.2) is 0 Å². The molecule has 0 bridgehead atoms. The van der Waals surface area contributed by atoms with E-state index in [1.807, 2.05) is 11.0 Å². The Kier molecular flexibility index (Phi) is 6.52. The molecule has 10 heteroatoms. The zero-order chi connectivity index (χ0) is 21.0. The van der Waals surface area contributed by atoms with E-state index in [0.717, 1.165) is 0 Å². The monoisotopic (exact) mass is 419 g/mol. The predicted octanol–water partition coefficient (Wildman–Crippen LogP) is -0.445. The van der Waals surface area contributed by atoms with E-state index < -0.39 is 10.0 Å². The van der Waals surface area contributed by atoms with Gasteiger partial charge < -0.3 is 9.80 Å². The van der Waals surface area contributed by atoms with Crippen LogP contribution in [-0.2, 0) is 19.6 Å². The van der Waals surface area contributed by atoms with Gasteiger partial charge in [0, 0.05) is 59.3 Å². The normalized spacial score (nSPS) is 19.0. The minimum atomic E-state index is -3.77. The molecule has 0 aromatic heterocycles. The molecule has 0 aliphatic carbocycles. The summed E-state index contributed by atoms with van der Waals surface area (Å²) in [6.07, 6.45) is 0. The van der Waals surface area contributed by atoms with Gasteiger partial charge in [-0.15, -0.1) is 0 Å². The van der Waals surface area contributed by atoms with Crippen LogP contribution in [0.2, 0.25) is 0 Å². The van der Waals surface area contributed by atoms with Crippen LogP contribution < -0.4 is 0 Å². The molecule has 0 atom stereocenters. The highest BCUT2D eigenvalue weighted by atomic mass is 32.2. The van der Waals surface area contributed by atoms with Crippen molar-refractivity contribution in [2.45, 2.75) is 11.8 Å². The Labute approximate surface area is 171 Å². The molecule has 2 saturated heterocycles. The molecule has 2 amide bonds. The van der Waals surface area contributed by atoms with Gasteiger partial charge >= 0.3 is 0 Å². The van der Waals surface area contributed by atoms with Crippen molar-refractivity contribution in [3.05, 3.63) is 29.8 Å². The number of amides is 2. The number of benzene rings is 1. The summed E-state index contributed by atoms with van der Waals surface area (Å²) < 4.78 is 27.1. The lowest BCUT2D eigenvalue weighted by atomic mass is 10.2.